The summed E-state index contributed by atoms with van der Waals surface area (Å²) in [6.07, 6.45) is 5.26. The molecule has 2 aliphatic rings. The van der Waals surface area contributed by atoms with Gasteiger partial charge in [-0.1, -0.05) is 0 Å². The number of ether oxygens (including phenoxy) is 3. The zero-order valence-electron chi connectivity index (χ0n) is 13.7. The second kappa shape index (κ2) is 11.4. The molecule has 130 valence electrons. The number of halogens is 1. The van der Waals surface area contributed by atoms with Crippen molar-refractivity contribution in [3.63, 3.8) is 0 Å². The van der Waals surface area contributed by atoms with Crippen LogP contribution in [0.1, 0.15) is 32.6 Å². The molecule has 0 aromatic heterocycles. The lowest BCUT2D eigenvalue weighted by molar-refractivity contribution is 0.0702. The van der Waals surface area contributed by atoms with E-state index in [1.165, 1.54) is 12.8 Å². The SMILES string of the molecule is CCNC(=NCCCOCCOC)NC1CC2CCC1O2.I. The molecule has 2 bridgehead atoms. The molecule has 6 nitrogen and oxygen atoms in total. The van der Waals surface area contributed by atoms with Crippen molar-refractivity contribution in [3.8, 4) is 0 Å². The van der Waals surface area contributed by atoms with Gasteiger partial charge in [-0.25, -0.2) is 0 Å². The number of methoxy groups -OCH3 is 1. The molecule has 0 radical (unpaired) electrons. The summed E-state index contributed by atoms with van der Waals surface area (Å²) in [4.78, 5) is 4.61. The zero-order chi connectivity index (χ0) is 14.9. The van der Waals surface area contributed by atoms with Crippen LogP contribution in [0.25, 0.3) is 0 Å². The summed E-state index contributed by atoms with van der Waals surface area (Å²) in [5, 5.41) is 6.82. The van der Waals surface area contributed by atoms with Gasteiger partial charge in [-0.2, -0.15) is 0 Å². The van der Waals surface area contributed by atoms with E-state index in [0.29, 0.717) is 31.5 Å². The number of fused-ring (bicyclic) bond motifs is 2. The maximum absolute atomic E-state index is 5.87. The first-order chi connectivity index (χ1) is 10.3. The third-order valence-corrected chi connectivity index (χ3v) is 3.92. The van der Waals surface area contributed by atoms with Crippen molar-refractivity contribution in [1.82, 2.24) is 10.6 Å². The highest BCUT2D eigenvalue weighted by Gasteiger charge is 2.41. The quantitative estimate of drug-likeness (QED) is 0.253. The number of nitrogens with zero attached hydrogens (tertiary/aromatic N) is 1. The van der Waals surface area contributed by atoms with E-state index in [0.717, 1.165) is 38.5 Å². The van der Waals surface area contributed by atoms with Crippen LogP contribution in [0, 0.1) is 0 Å². The predicted octanol–water partition coefficient (Wildman–Crippen LogP) is 1.53. The molecule has 0 aromatic rings. The van der Waals surface area contributed by atoms with E-state index in [1.54, 1.807) is 7.11 Å². The van der Waals surface area contributed by atoms with Crippen LogP contribution in [0.2, 0.25) is 0 Å². The summed E-state index contributed by atoms with van der Waals surface area (Å²) in [6.45, 7) is 5.76. The Morgan fingerprint density at radius 1 is 1.27 bits per heavy atom. The highest BCUT2D eigenvalue weighted by Crippen LogP contribution is 2.34. The molecular weight excluding hydrogens is 397 g/mol. The first-order valence-electron chi connectivity index (χ1n) is 8.10. The Balaban J connectivity index is 0.00000242. The van der Waals surface area contributed by atoms with Gasteiger partial charge in [0, 0.05) is 26.8 Å². The van der Waals surface area contributed by atoms with Crippen LogP contribution in [0.5, 0.6) is 0 Å². The number of hydrogen-bond acceptors (Lipinski definition) is 4. The predicted molar refractivity (Wildman–Crippen MR) is 98.1 cm³/mol. The molecule has 7 heteroatoms. The molecule has 3 atom stereocenters. The summed E-state index contributed by atoms with van der Waals surface area (Å²) >= 11 is 0. The minimum atomic E-state index is 0. The van der Waals surface area contributed by atoms with Gasteiger partial charge in [0.25, 0.3) is 0 Å². The van der Waals surface area contributed by atoms with Crippen LogP contribution in [0.15, 0.2) is 4.99 Å². The average molecular weight is 427 g/mol. The number of guanidine groups is 1. The Kier molecular flexibility index (Phi) is 10.3. The topological polar surface area (TPSA) is 64.1 Å². The summed E-state index contributed by atoms with van der Waals surface area (Å²) in [6, 6.07) is 0.416. The highest BCUT2D eigenvalue weighted by molar-refractivity contribution is 14.0. The molecule has 3 unspecified atom stereocenters. The fraction of sp³-hybridized carbons (Fsp3) is 0.933. The first-order valence-corrected chi connectivity index (χ1v) is 8.10. The largest absolute Gasteiger partial charge is 0.382 e. The van der Waals surface area contributed by atoms with Gasteiger partial charge in [0.1, 0.15) is 0 Å². The Hall–Kier alpha value is -0.120. The molecular formula is C15H30IN3O3. The second-order valence-corrected chi connectivity index (χ2v) is 5.58. The summed E-state index contributed by atoms with van der Waals surface area (Å²) in [7, 11) is 1.68. The maximum Gasteiger partial charge on any atom is 0.191 e. The molecule has 0 aromatic carbocycles. The standard InChI is InChI=1S/C15H29N3O3.HI/c1-3-16-15(17-7-4-8-20-10-9-19-2)18-13-11-12-5-6-14(13)21-12;/h12-14H,3-11H2,1-2H3,(H2,16,17,18);1H. The lowest BCUT2D eigenvalue weighted by atomic mass is 9.96. The van der Waals surface area contributed by atoms with Crippen molar-refractivity contribution in [1.29, 1.82) is 0 Å². The van der Waals surface area contributed by atoms with Crippen molar-refractivity contribution in [3.05, 3.63) is 0 Å². The molecule has 0 saturated carbocycles. The zero-order valence-corrected chi connectivity index (χ0v) is 16.0. The third kappa shape index (κ3) is 6.55. The normalized spacial score (nSPS) is 26.8. The van der Waals surface area contributed by atoms with E-state index in [9.17, 15) is 0 Å². The van der Waals surface area contributed by atoms with Gasteiger partial charge in [0.15, 0.2) is 5.96 Å². The van der Waals surface area contributed by atoms with Crippen molar-refractivity contribution >= 4 is 29.9 Å². The number of rotatable bonds is 9. The fourth-order valence-corrected chi connectivity index (χ4v) is 2.89. The Morgan fingerprint density at radius 2 is 2.14 bits per heavy atom. The van der Waals surface area contributed by atoms with E-state index >= 15 is 0 Å². The van der Waals surface area contributed by atoms with E-state index in [1.807, 2.05) is 0 Å². The number of nitrogens with one attached hydrogen (secondary N) is 2. The second-order valence-electron chi connectivity index (χ2n) is 5.58. The monoisotopic (exact) mass is 427 g/mol. The van der Waals surface area contributed by atoms with Crippen molar-refractivity contribution in [2.45, 2.75) is 50.9 Å². The van der Waals surface area contributed by atoms with Crippen LogP contribution in [-0.2, 0) is 14.2 Å². The van der Waals surface area contributed by atoms with Crippen LogP contribution in [-0.4, -0.2) is 64.2 Å². The van der Waals surface area contributed by atoms with E-state index < -0.39 is 0 Å². The van der Waals surface area contributed by atoms with Crippen molar-refractivity contribution in [2.24, 2.45) is 4.99 Å². The highest BCUT2D eigenvalue weighted by atomic mass is 127. The van der Waals surface area contributed by atoms with E-state index in [2.05, 4.69) is 22.5 Å². The van der Waals surface area contributed by atoms with Crippen molar-refractivity contribution < 1.29 is 14.2 Å². The fourth-order valence-electron chi connectivity index (χ4n) is 2.89. The smallest absolute Gasteiger partial charge is 0.191 e. The minimum Gasteiger partial charge on any atom is -0.382 e. The molecule has 22 heavy (non-hydrogen) atoms. The van der Waals surface area contributed by atoms with Gasteiger partial charge in [-0.15, -0.1) is 24.0 Å². The van der Waals surface area contributed by atoms with Gasteiger partial charge >= 0.3 is 0 Å². The minimum absolute atomic E-state index is 0. The average Bonchev–Trinajstić information content (AvgIpc) is 3.09. The number of hydrogen-bond donors (Lipinski definition) is 2. The van der Waals surface area contributed by atoms with Crippen LogP contribution >= 0.6 is 24.0 Å². The molecule has 2 rings (SSSR count). The molecule has 0 aliphatic carbocycles. The van der Waals surface area contributed by atoms with Gasteiger partial charge in [-0.05, 0) is 32.6 Å². The molecule has 2 saturated heterocycles. The Labute approximate surface area is 150 Å². The molecule has 2 fully saturated rings. The molecule has 2 N–H and O–H groups in total. The van der Waals surface area contributed by atoms with E-state index in [4.69, 9.17) is 14.2 Å². The Bertz CT molecular complexity index is 331. The Morgan fingerprint density at radius 3 is 2.77 bits per heavy atom. The maximum atomic E-state index is 5.87. The van der Waals surface area contributed by atoms with Gasteiger partial charge < -0.3 is 24.8 Å². The summed E-state index contributed by atoms with van der Waals surface area (Å²) in [5.74, 6) is 0.899. The lowest BCUT2D eigenvalue weighted by Gasteiger charge is -2.22. The van der Waals surface area contributed by atoms with Gasteiger partial charge in [0.05, 0.1) is 31.5 Å². The third-order valence-electron chi connectivity index (χ3n) is 3.92. The van der Waals surface area contributed by atoms with Gasteiger partial charge in [-0.3, -0.25) is 4.99 Å². The van der Waals surface area contributed by atoms with Crippen molar-refractivity contribution in [2.75, 3.05) is 40.0 Å². The lowest BCUT2D eigenvalue weighted by Crippen LogP contribution is -2.47. The number of aliphatic imine (C=N–C) groups is 1. The van der Waals surface area contributed by atoms with Crippen LogP contribution in [0.4, 0.5) is 0 Å². The molecule has 0 amide bonds. The first kappa shape index (κ1) is 19.9. The summed E-state index contributed by atoms with van der Waals surface area (Å²) in [5.41, 5.74) is 0. The van der Waals surface area contributed by atoms with Gasteiger partial charge in [0.2, 0.25) is 0 Å². The van der Waals surface area contributed by atoms with Crippen LogP contribution < -0.4 is 10.6 Å². The van der Waals surface area contributed by atoms with Crippen LogP contribution in [0.3, 0.4) is 0 Å². The summed E-state index contributed by atoms with van der Waals surface area (Å²) < 4.78 is 16.2. The van der Waals surface area contributed by atoms with E-state index in [-0.39, 0.29) is 24.0 Å². The molecule has 2 heterocycles. The molecule has 0 spiro atoms. The molecule has 2 aliphatic heterocycles.